The zero-order valence-electron chi connectivity index (χ0n) is 50.3. The summed E-state index contributed by atoms with van der Waals surface area (Å²) in [5, 5.41) is 15.7. The summed E-state index contributed by atoms with van der Waals surface area (Å²) < 4.78 is 62.8. The first kappa shape index (κ1) is 68.9. The summed E-state index contributed by atoms with van der Waals surface area (Å²) in [6, 6.07) is 54.5. The summed E-state index contributed by atoms with van der Waals surface area (Å²) in [6.07, 6.45) is 13.6. The Morgan fingerprint density at radius 2 is 0.581 bits per heavy atom. The van der Waals surface area contributed by atoms with Crippen LogP contribution in [0, 0.1) is 0 Å². The Hall–Kier alpha value is -6.23. The van der Waals surface area contributed by atoms with Gasteiger partial charge in [-0.1, -0.05) is 253 Å². The first-order valence-electron chi connectivity index (χ1n) is 30.8. The molecule has 4 amide bonds. The monoisotopic (exact) mass is 1230 g/mol. The highest BCUT2D eigenvalue weighted by Crippen LogP contribution is 2.45. The maximum Gasteiger partial charge on any atom is 0.228 e. The minimum atomic E-state index is -3.29. The molecule has 0 radical (unpaired) electrons. The van der Waals surface area contributed by atoms with Crippen LogP contribution in [-0.2, 0) is 47.1 Å². The lowest BCUT2D eigenvalue weighted by Crippen LogP contribution is -2.58. The lowest BCUT2D eigenvalue weighted by atomic mass is 10.0. The van der Waals surface area contributed by atoms with Gasteiger partial charge in [0.05, 0.1) is 38.3 Å². The van der Waals surface area contributed by atoms with E-state index in [1.165, 1.54) is 44.9 Å². The normalized spacial score (nSPS) is 11.9. The van der Waals surface area contributed by atoms with E-state index < -0.39 is 27.0 Å². The van der Waals surface area contributed by atoms with Crippen LogP contribution in [0.3, 0.4) is 0 Å². The molecule has 0 spiro atoms. The van der Waals surface area contributed by atoms with Gasteiger partial charge in [0.1, 0.15) is 5.54 Å². The van der Waals surface area contributed by atoms with Crippen molar-refractivity contribution in [2.45, 2.75) is 109 Å². The smallest absolute Gasteiger partial charge is 0.228 e. The number of rotatable bonds is 43. The number of hydrogen-bond donors (Lipinski definition) is 4. The largest absolute Gasteiger partial charge is 0.379 e. The number of carbonyl (C=O) groups is 4. The highest BCUT2D eigenvalue weighted by atomic mass is 31.2. The van der Waals surface area contributed by atoms with Crippen molar-refractivity contribution < 1.29 is 47.1 Å². The molecule has 0 saturated heterocycles. The Morgan fingerprint density at radius 3 is 0.837 bits per heavy atom. The van der Waals surface area contributed by atoms with Crippen LogP contribution in [0.4, 0.5) is 0 Å². The molecular weight excluding hydrogens is 1140 g/mol. The van der Waals surface area contributed by atoms with Gasteiger partial charge in [0.2, 0.25) is 23.6 Å². The van der Waals surface area contributed by atoms with Crippen molar-refractivity contribution in [3.63, 3.8) is 0 Å². The minimum absolute atomic E-state index is 0.00184. The molecule has 86 heavy (non-hydrogen) atoms. The van der Waals surface area contributed by atoms with Crippen molar-refractivity contribution in [3.05, 3.63) is 182 Å². The Morgan fingerprint density at radius 1 is 0.337 bits per heavy atom. The average molecular weight is 1230 g/mol. The van der Waals surface area contributed by atoms with Crippen LogP contribution in [0.25, 0.3) is 0 Å². The number of amides is 4. The van der Waals surface area contributed by atoms with E-state index in [4.69, 9.17) is 14.2 Å². The van der Waals surface area contributed by atoms with E-state index in [2.05, 4.69) is 28.2 Å². The Kier molecular flexibility index (Phi) is 30.5. The van der Waals surface area contributed by atoms with E-state index >= 15 is 0 Å². The van der Waals surface area contributed by atoms with E-state index in [1.807, 2.05) is 109 Å². The third kappa shape index (κ3) is 23.1. The molecular formula is C69H91N4O10P3. The summed E-state index contributed by atoms with van der Waals surface area (Å²) in [4.78, 5) is 54.5. The zero-order chi connectivity index (χ0) is 61.0. The second-order valence-electron chi connectivity index (χ2n) is 22.1. The van der Waals surface area contributed by atoms with E-state index in [0.29, 0.717) is 63.9 Å². The van der Waals surface area contributed by atoms with Gasteiger partial charge in [-0.3, -0.25) is 19.2 Å². The maximum absolute atomic E-state index is 14.6. The highest BCUT2D eigenvalue weighted by molar-refractivity contribution is 7.80. The summed E-state index contributed by atoms with van der Waals surface area (Å²) in [6.45, 7) is 3.60. The minimum Gasteiger partial charge on any atom is -0.379 e. The molecule has 0 aliphatic rings. The molecule has 6 rings (SSSR count). The van der Waals surface area contributed by atoms with Crippen LogP contribution in [0.2, 0.25) is 0 Å². The quantitative estimate of drug-likeness (QED) is 0.0211. The molecule has 0 fully saturated rings. The van der Waals surface area contributed by atoms with Crippen molar-refractivity contribution >= 4 is 76.9 Å². The Balaban J connectivity index is 1.08. The third-order valence-electron chi connectivity index (χ3n) is 15.0. The zero-order valence-corrected chi connectivity index (χ0v) is 53.0. The molecule has 0 saturated carbocycles. The van der Waals surface area contributed by atoms with Gasteiger partial charge in [-0.15, -0.1) is 0 Å². The van der Waals surface area contributed by atoms with Gasteiger partial charge in [0, 0.05) is 77.7 Å². The summed E-state index contributed by atoms with van der Waals surface area (Å²) >= 11 is 0. The van der Waals surface area contributed by atoms with Gasteiger partial charge in [0.25, 0.3) is 0 Å². The highest BCUT2D eigenvalue weighted by Gasteiger charge is 2.35. The molecule has 462 valence electrons. The molecule has 14 nitrogen and oxygen atoms in total. The number of nitrogens with one attached hydrogen (secondary N) is 4. The number of benzene rings is 6. The topological polar surface area (TPSA) is 195 Å². The number of carbonyl (C=O) groups excluding carboxylic acids is 4. The summed E-state index contributed by atoms with van der Waals surface area (Å²) in [7, 11) is -9.86. The third-order valence-corrected chi connectivity index (χ3v) is 24.0. The molecule has 4 N–H and O–H groups in total. The second kappa shape index (κ2) is 38.1. The van der Waals surface area contributed by atoms with Crippen LogP contribution in [0.15, 0.2) is 182 Å². The molecule has 0 bridgehead atoms. The molecule has 0 aliphatic carbocycles. The fourth-order valence-electron chi connectivity index (χ4n) is 10.3. The van der Waals surface area contributed by atoms with E-state index in [-0.39, 0.29) is 101 Å². The van der Waals surface area contributed by atoms with Crippen LogP contribution < -0.4 is 53.1 Å². The van der Waals surface area contributed by atoms with Crippen molar-refractivity contribution in [3.8, 4) is 0 Å². The van der Waals surface area contributed by atoms with Gasteiger partial charge in [-0.25, -0.2) is 0 Å². The van der Waals surface area contributed by atoms with Crippen molar-refractivity contribution in [2.75, 3.05) is 77.8 Å². The molecule has 0 aliphatic heterocycles. The fraction of sp³-hybridized carbons (Fsp3) is 0.420. The predicted octanol–water partition coefficient (Wildman–Crippen LogP) is 10.2. The van der Waals surface area contributed by atoms with Crippen molar-refractivity contribution in [1.82, 2.24) is 21.3 Å². The summed E-state index contributed by atoms with van der Waals surface area (Å²) in [5.74, 6) is -1.21. The average Bonchev–Trinajstić information content (AvgIpc) is 2.23. The van der Waals surface area contributed by atoms with Crippen LogP contribution in [0.1, 0.15) is 103 Å². The molecule has 0 unspecified atom stereocenters. The number of unbranched alkanes of at least 4 members (excludes halogenated alkanes) is 10. The maximum atomic E-state index is 14.6. The molecule has 0 heterocycles. The first-order chi connectivity index (χ1) is 41.9. The van der Waals surface area contributed by atoms with Crippen LogP contribution >= 0.6 is 21.4 Å². The van der Waals surface area contributed by atoms with Gasteiger partial charge in [0.15, 0.2) is 21.4 Å². The van der Waals surface area contributed by atoms with Crippen molar-refractivity contribution in [1.29, 1.82) is 0 Å². The van der Waals surface area contributed by atoms with E-state index in [9.17, 15) is 32.9 Å². The number of hydrogen-bond acceptors (Lipinski definition) is 10. The standard InChI is InChI=1S/C69H91N4O10P3/c1-2-3-4-5-6-7-8-9-10-11-30-46-65(74)73-69(56-81-50-31-47-70-66(75)53-84(78,59-34-18-12-19-35-59)60-36-20-13-21-37-60,57-82-51-32-48-71-67(76)54-85(79,61-38-22-14-23-39-61)62-40-24-15-25-41-62)58-83-52-33-49-72-68(77)55-86(80,63-42-26-16-27-43-63)64-44-28-17-29-45-64/h12-29,34-45H,2-11,30-33,46-58H2,1H3,(H,70,75)(H,71,76)(H,72,77)(H,73,74). The lowest BCUT2D eigenvalue weighted by Gasteiger charge is -2.34. The predicted molar refractivity (Wildman–Crippen MR) is 351 cm³/mol. The van der Waals surface area contributed by atoms with Crippen LogP contribution in [-0.4, -0.2) is 107 Å². The van der Waals surface area contributed by atoms with E-state index in [0.717, 1.165) is 19.3 Å². The Labute approximate surface area is 511 Å². The molecule has 0 aromatic heterocycles. The first-order valence-corrected chi connectivity index (χ1v) is 36.5. The second-order valence-corrected chi connectivity index (χ2v) is 30.6. The molecule has 6 aromatic carbocycles. The lowest BCUT2D eigenvalue weighted by molar-refractivity contribution is -0.128. The molecule has 6 aromatic rings. The molecule has 0 atom stereocenters. The fourth-order valence-corrected chi connectivity index (χ4v) is 17.8. The van der Waals surface area contributed by atoms with Gasteiger partial charge in [-0.05, 0) is 25.7 Å². The SMILES string of the molecule is CCCCCCCCCCCCCC(=O)NC(COCCCNC(=O)CP(=O)(c1ccccc1)c1ccccc1)(COCCCNC(=O)CP(=O)(c1ccccc1)c1ccccc1)COCCCNC(=O)CP(=O)(c1ccccc1)c1ccccc1. The van der Waals surface area contributed by atoms with E-state index in [1.54, 1.807) is 72.8 Å². The van der Waals surface area contributed by atoms with Gasteiger partial charge >= 0.3 is 0 Å². The number of ether oxygens (including phenoxy) is 3. The summed E-state index contributed by atoms with van der Waals surface area (Å²) in [5.41, 5.74) is -1.17. The van der Waals surface area contributed by atoms with Crippen LogP contribution in [0.5, 0.6) is 0 Å². The molecule has 17 heteroatoms. The van der Waals surface area contributed by atoms with Crippen molar-refractivity contribution in [2.24, 2.45) is 0 Å². The van der Waals surface area contributed by atoms with Gasteiger partial charge < -0.3 is 49.2 Å². The Bertz CT molecular complexity index is 2630. The van der Waals surface area contributed by atoms with Gasteiger partial charge in [-0.2, -0.15) is 0 Å².